The van der Waals surface area contributed by atoms with Crippen molar-refractivity contribution in [1.29, 1.82) is 0 Å². The maximum atomic E-state index is 12.1. The molecule has 2 atom stereocenters. The summed E-state index contributed by atoms with van der Waals surface area (Å²) in [7, 11) is -4.43. The molecule has 0 rings (SSSR count). The first-order valence-corrected chi connectivity index (χ1v) is 20.9. The number of phosphoric acid groups is 1. The molecule has 0 saturated carbocycles. The molecule has 0 aliphatic carbocycles. The lowest BCUT2D eigenvalue weighted by molar-refractivity contribution is -0.147. The number of aliphatic hydroxyl groups is 1. The second kappa shape index (κ2) is 37.2. The highest BCUT2D eigenvalue weighted by molar-refractivity contribution is 7.47. The third-order valence-corrected chi connectivity index (χ3v) is 8.60. The van der Waals surface area contributed by atoms with Crippen molar-refractivity contribution in [3.05, 3.63) is 72.9 Å². The topological polar surface area (TPSA) is 131 Å². The van der Waals surface area contributed by atoms with Crippen LogP contribution in [0, 0.1) is 0 Å². The summed E-state index contributed by atoms with van der Waals surface area (Å²) in [4.78, 5) is 33.8. The van der Waals surface area contributed by atoms with Crippen molar-refractivity contribution in [2.45, 2.75) is 148 Å². The van der Waals surface area contributed by atoms with Gasteiger partial charge in [0.05, 0.1) is 13.2 Å². The zero-order valence-electron chi connectivity index (χ0n) is 31.8. The van der Waals surface area contributed by atoms with Gasteiger partial charge in [0.25, 0.3) is 0 Å². The Balaban J connectivity index is 3.74. The number of hydrogen-bond acceptors (Lipinski definition) is 7. The average Bonchev–Trinajstić information content (AvgIpc) is 3.11. The zero-order chi connectivity index (χ0) is 37.5. The molecule has 0 aromatic carbocycles. The zero-order valence-corrected chi connectivity index (χ0v) is 32.7. The van der Waals surface area contributed by atoms with Gasteiger partial charge in [0, 0.05) is 19.4 Å². The Bertz CT molecular complexity index is 1070. The van der Waals surface area contributed by atoms with Gasteiger partial charge in [0.2, 0.25) is 5.91 Å². The van der Waals surface area contributed by atoms with Gasteiger partial charge >= 0.3 is 13.8 Å². The lowest BCUT2D eigenvalue weighted by Crippen LogP contribution is -2.27. The Morgan fingerprint density at radius 1 is 0.627 bits per heavy atom. The molecular weight excluding hydrogens is 665 g/mol. The summed E-state index contributed by atoms with van der Waals surface area (Å²) in [6.07, 6.45) is 44.1. The normalized spacial score (nSPS) is 14.2. The Labute approximate surface area is 310 Å². The SMILES string of the molecule is CC/C=C\C/C=C\C/C=C\C/C=C\C/C=C\CCCC(=O)NCCOP(=O)(O)OCC(O)COC(=O)CCCCCCC/C=C\CCCCCC. The molecule has 0 aliphatic heterocycles. The van der Waals surface area contributed by atoms with E-state index < -0.39 is 26.5 Å². The fraction of sp³-hybridized carbons (Fsp3) is 0.659. The Morgan fingerprint density at radius 3 is 1.75 bits per heavy atom. The van der Waals surface area contributed by atoms with E-state index in [-0.39, 0.29) is 32.1 Å². The lowest BCUT2D eigenvalue weighted by atomic mass is 10.1. The molecule has 0 aromatic heterocycles. The molecule has 0 bridgehead atoms. The van der Waals surface area contributed by atoms with E-state index in [1.165, 1.54) is 32.1 Å². The predicted octanol–water partition coefficient (Wildman–Crippen LogP) is 10.3. The van der Waals surface area contributed by atoms with E-state index in [2.05, 4.69) is 92.1 Å². The van der Waals surface area contributed by atoms with E-state index in [0.29, 0.717) is 12.8 Å². The Kier molecular flexibility index (Phi) is 35.4. The summed E-state index contributed by atoms with van der Waals surface area (Å²) in [5.74, 6) is -0.592. The molecule has 0 saturated heterocycles. The number of aliphatic hydroxyl groups excluding tert-OH is 1. The molecule has 9 nitrogen and oxygen atoms in total. The maximum absolute atomic E-state index is 12.1. The number of amides is 1. The molecule has 1 amide bonds. The molecular formula is C41H70NO8P. The molecule has 0 fully saturated rings. The third-order valence-electron chi connectivity index (χ3n) is 7.62. The van der Waals surface area contributed by atoms with Crippen molar-refractivity contribution in [2.75, 3.05) is 26.4 Å². The highest BCUT2D eigenvalue weighted by Gasteiger charge is 2.23. The minimum atomic E-state index is -4.43. The number of hydrogen-bond donors (Lipinski definition) is 3. The number of carbonyl (C=O) groups is 2. The van der Waals surface area contributed by atoms with Crippen LogP contribution in [0.5, 0.6) is 0 Å². The van der Waals surface area contributed by atoms with Crippen LogP contribution in [0.15, 0.2) is 72.9 Å². The fourth-order valence-electron chi connectivity index (χ4n) is 4.70. The highest BCUT2D eigenvalue weighted by Crippen LogP contribution is 2.42. The van der Waals surface area contributed by atoms with E-state index in [4.69, 9.17) is 13.8 Å². The van der Waals surface area contributed by atoms with Crippen LogP contribution in [0.1, 0.15) is 142 Å². The molecule has 10 heteroatoms. The second-order valence-electron chi connectivity index (χ2n) is 12.5. The summed E-state index contributed by atoms with van der Waals surface area (Å²) < 4.78 is 26.7. The van der Waals surface area contributed by atoms with Crippen molar-refractivity contribution in [3.8, 4) is 0 Å². The van der Waals surface area contributed by atoms with Crippen molar-refractivity contribution in [2.24, 2.45) is 0 Å². The van der Waals surface area contributed by atoms with E-state index in [9.17, 15) is 24.2 Å². The number of rotatable bonds is 35. The van der Waals surface area contributed by atoms with Gasteiger partial charge in [-0.25, -0.2) is 4.57 Å². The van der Waals surface area contributed by atoms with Gasteiger partial charge in [-0.15, -0.1) is 0 Å². The molecule has 51 heavy (non-hydrogen) atoms. The molecule has 0 aliphatic rings. The number of unbranched alkanes of at least 4 members (excludes halogenated alkanes) is 10. The number of carbonyl (C=O) groups excluding carboxylic acids is 2. The third kappa shape index (κ3) is 38.5. The van der Waals surface area contributed by atoms with Gasteiger partial charge in [-0.3, -0.25) is 18.6 Å². The van der Waals surface area contributed by atoms with E-state index in [1.807, 2.05) is 0 Å². The minimum absolute atomic E-state index is 0.0465. The van der Waals surface area contributed by atoms with Crippen LogP contribution in [0.3, 0.4) is 0 Å². The van der Waals surface area contributed by atoms with Gasteiger partial charge in [-0.1, -0.05) is 125 Å². The van der Waals surface area contributed by atoms with E-state index >= 15 is 0 Å². The van der Waals surface area contributed by atoms with Gasteiger partial charge in [-0.05, 0) is 77.0 Å². The van der Waals surface area contributed by atoms with Crippen LogP contribution in [-0.4, -0.2) is 54.3 Å². The highest BCUT2D eigenvalue weighted by atomic mass is 31.2. The average molecular weight is 736 g/mol. The van der Waals surface area contributed by atoms with Crippen molar-refractivity contribution in [3.63, 3.8) is 0 Å². The first-order chi connectivity index (χ1) is 24.8. The largest absolute Gasteiger partial charge is 0.472 e. The lowest BCUT2D eigenvalue weighted by Gasteiger charge is -2.15. The van der Waals surface area contributed by atoms with Crippen molar-refractivity contribution in [1.82, 2.24) is 5.32 Å². The van der Waals surface area contributed by atoms with E-state index in [0.717, 1.165) is 77.0 Å². The molecule has 0 spiro atoms. The number of esters is 1. The van der Waals surface area contributed by atoms with Crippen LogP contribution >= 0.6 is 7.82 Å². The van der Waals surface area contributed by atoms with Crippen LogP contribution in [0.2, 0.25) is 0 Å². The van der Waals surface area contributed by atoms with Crippen molar-refractivity contribution >= 4 is 19.7 Å². The number of ether oxygens (including phenoxy) is 1. The van der Waals surface area contributed by atoms with Gasteiger partial charge < -0.3 is 20.1 Å². The quantitative estimate of drug-likeness (QED) is 0.0254. The van der Waals surface area contributed by atoms with Crippen molar-refractivity contribution < 1.29 is 37.9 Å². The fourth-order valence-corrected chi connectivity index (χ4v) is 5.46. The number of nitrogens with one attached hydrogen (secondary N) is 1. The van der Waals surface area contributed by atoms with Crippen LogP contribution < -0.4 is 5.32 Å². The minimum Gasteiger partial charge on any atom is -0.463 e. The molecule has 2 unspecified atom stereocenters. The Morgan fingerprint density at radius 2 is 1.14 bits per heavy atom. The smallest absolute Gasteiger partial charge is 0.463 e. The molecule has 3 N–H and O–H groups in total. The molecule has 0 aromatic rings. The van der Waals surface area contributed by atoms with E-state index in [1.54, 1.807) is 0 Å². The number of phosphoric ester groups is 1. The molecule has 0 radical (unpaired) electrons. The van der Waals surface area contributed by atoms with Gasteiger partial charge in [0.15, 0.2) is 0 Å². The summed E-state index contributed by atoms with van der Waals surface area (Å²) in [5.41, 5.74) is 0. The second-order valence-corrected chi connectivity index (χ2v) is 14.0. The monoisotopic (exact) mass is 735 g/mol. The predicted molar refractivity (Wildman–Crippen MR) is 210 cm³/mol. The summed E-state index contributed by atoms with van der Waals surface area (Å²) in [6, 6.07) is 0. The first-order valence-electron chi connectivity index (χ1n) is 19.4. The Hall–Kier alpha value is -2.55. The van der Waals surface area contributed by atoms with Gasteiger partial charge in [-0.2, -0.15) is 0 Å². The summed E-state index contributed by atoms with van der Waals surface area (Å²) in [6.45, 7) is 3.31. The summed E-state index contributed by atoms with van der Waals surface area (Å²) >= 11 is 0. The maximum Gasteiger partial charge on any atom is 0.472 e. The molecule has 0 heterocycles. The molecule has 292 valence electrons. The van der Waals surface area contributed by atoms with Crippen LogP contribution in [-0.2, 0) is 27.9 Å². The first kappa shape index (κ1) is 48.5. The number of allylic oxidation sites excluding steroid dienone is 12. The van der Waals surface area contributed by atoms with Crippen LogP contribution in [0.4, 0.5) is 0 Å². The standard InChI is InChI=1S/C41H70NO8P/c1-3-5-7-9-11-13-15-17-18-19-20-22-23-25-27-29-31-33-40(44)42-35-36-49-51(46,47)50-38-39(43)37-48-41(45)34-32-30-28-26-24-21-16-14-12-10-8-6-4-2/h5,7,11,13-14,16-18,20,22,25,27,39,43H,3-4,6,8-10,12,15,19,21,23-24,26,28-38H2,1-2H3,(H,42,44)(H,46,47)/b7-5-,13-11-,16-14-,18-17-,22-20-,27-25-. The van der Waals surface area contributed by atoms with Gasteiger partial charge in [0.1, 0.15) is 12.7 Å². The van der Waals surface area contributed by atoms with Crippen LogP contribution in [0.25, 0.3) is 0 Å². The summed E-state index contributed by atoms with van der Waals surface area (Å²) in [5, 5.41) is 12.6.